The van der Waals surface area contributed by atoms with Crippen LogP contribution in [0.3, 0.4) is 0 Å². The fraction of sp³-hybridized carbons (Fsp3) is 0.250. The summed E-state index contributed by atoms with van der Waals surface area (Å²) < 4.78 is 16.5. The standard InChI is InChI=1S/2C19H20N2O3.C18H17ClN2O3/c2*1-13-5-8-16(9-6-13)24-12-19(3,23)18(22)21-15-7-10-17(20-4)14(2)11-15;1-12-4-7-14(8-5-12)24-11-18(2,23)17(22)21-13-6-9-16(20-3)15(19)10-13/h2*5-11,23H,12H2,1-3H3,(H,21,22);4-10,23H,11H2,1-2H3,(H,21,22)/t2*19-;18-/m000/s1. The second-order valence-electron chi connectivity index (χ2n) is 17.5. The molecule has 0 spiro atoms. The highest BCUT2D eigenvalue weighted by molar-refractivity contribution is 6.33. The van der Waals surface area contributed by atoms with Crippen LogP contribution in [0.4, 0.5) is 34.1 Å². The van der Waals surface area contributed by atoms with Crippen molar-refractivity contribution in [1.82, 2.24) is 0 Å². The van der Waals surface area contributed by atoms with Gasteiger partial charge in [0.25, 0.3) is 17.7 Å². The lowest BCUT2D eigenvalue weighted by molar-refractivity contribution is -0.135. The van der Waals surface area contributed by atoms with Crippen LogP contribution in [-0.4, -0.2) is 69.7 Å². The lowest BCUT2D eigenvalue weighted by Gasteiger charge is -2.22. The molecule has 0 unspecified atom stereocenters. The predicted octanol–water partition coefficient (Wildman–Crippen LogP) is 11.2. The van der Waals surface area contributed by atoms with Gasteiger partial charge in [-0.05, 0) is 139 Å². The number of hydrogen-bond acceptors (Lipinski definition) is 9. The molecule has 0 saturated heterocycles. The maximum Gasteiger partial charge on any atom is 0.259 e. The van der Waals surface area contributed by atoms with Crippen LogP contribution >= 0.6 is 11.6 Å². The van der Waals surface area contributed by atoms with Crippen LogP contribution in [0.15, 0.2) is 127 Å². The molecule has 16 heteroatoms. The third-order valence-corrected chi connectivity index (χ3v) is 10.9. The van der Waals surface area contributed by atoms with Crippen LogP contribution in [0.25, 0.3) is 14.5 Å². The molecule has 15 nitrogen and oxygen atoms in total. The van der Waals surface area contributed by atoms with Crippen molar-refractivity contribution in [3.63, 3.8) is 0 Å². The molecule has 0 aliphatic rings. The highest BCUT2D eigenvalue weighted by Gasteiger charge is 2.33. The van der Waals surface area contributed by atoms with Crippen LogP contribution in [0.1, 0.15) is 48.6 Å². The molecule has 72 heavy (non-hydrogen) atoms. The van der Waals surface area contributed by atoms with Crippen molar-refractivity contribution in [3.05, 3.63) is 194 Å². The third-order valence-electron chi connectivity index (χ3n) is 10.6. The largest absolute Gasteiger partial charge is 0.490 e. The van der Waals surface area contributed by atoms with Crippen LogP contribution in [0, 0.1) is 54.3 Å². The van der Waals surface area contributed by atoms with E-state index in [1.165, 1.54) is 32.9 Å². The number of hydrogen-bond donors (Lipinski definition) is 6. The average Bonchev–Trinajstić information content (AvgIpc) is 3.34. The number of halogens is 1. The molecule has 0 radical (unpaired) electrons. The number of rotatable bonds is 15. The van der Waals surface area contributed by atoms with Crippen LogP contribution in [0.2, 0.25) is 5.02 Å². The van der Waals surface area contributed by atoms with Gasteiger partial charge in [0.15, 0.2) is 28.2 Å². The van der Waals surface area contributed by atoms with Gasteiger partial charge in [-0.2, -0.15) is 0 Å². The van der Waals surface area contributed by atoms with E-state index in [-0.39, 0.29) is 24.8 Å². The van der Waals surface area contributed by atoms with Gasteiger partial charge in [0.05, 0.1) is 19.7 Å². The minimum absolute atomic E-state index is 0.166. The van der Waals surface area contributed by atoms with E-state index >= 15 is 0 Å². The summed E-state index contributed by atoms with van der Waals surface area (Å²) in [6, 6.07) is 36.5. The number of ether oxygens (including phenoxy) is 3. The molecule has 0 saturated carbocycles. The van der Waals surface area contributed by atoms with E-state index in [0.29, 0.717) is 51.4 Å². The van der Waals surface area contributed by atoms with Gasteiger partial charge < -0.3 is 45.5 Å². The van der Waals surface area contributed by atoms with Gasteiger partial charge in [0.2, 0.25) is 5.69 Å². The first kappa shape index (κ1) is 56.4. The maximum absolute atomic E-state index is 12.3. The number of aliphatic hydroxyl groups is 3. The molecule has 6 rings (SSSR count). The summed E-state index contributed by atoms with van der Waals surface area (Å²) in [7, 11) is 0. The lowest BCUT2D eigenvalue weighted by Crippen LogP contribution is -2.45. The first-order valence-electron chi connectivity index (χ1n) is 22.3. The van der Waals surface area contributed by atoms with Crippen molar-refractivity contribution < 1.29 is 43.9 Å². The highest BCUT2D eigenvalue weighted by Crippen LogP contribution is 2.29. The summed E-state index contributed by atoms with van der Waals surface area (Å²) in [4.78, 5) is 46.8. The Balaban J connectivity index is 0.000000234. The van der Waals surface area contributed by atoms with Gasteiger partial charge in [-0.25, -0.2) is 14.5 Å². The predicted molar refractivity (Wildman–Crippen MR) is 280 cm³/mol. The Kier molecular flexibility index (Phi) is 20.0. The van der Waals surface area contributed by atoms with Crippen molar-refractivity contribution >= 4 is 63.4 Å². The van der Waals surface area contributed by atoms with E-state index < -0.39 is 34.5 Å². The SMILES string of the molecule is [C-]#[N+]c1ccc(NC(=O)[C@@](C)(O)COc2ccc(C)cc2)cc1C.[C-]#[N+]c1ccc(NC(=O)[C@@](C)(O)COc2ccc(C)cc2)cc1C.[C-]#[N+]c1ccc(NC(=O)[C@@](C)(O)COc2ccc(C)cc2)cc1Cl. The summed E-state index contributed by atoms with van der Waals surface area (Å²) >= 11 is 5.93. The molecule has 6 N–H and O–H groups in total. The molecule has 0 aromatic heterocycles. The van der Waals surface area contributed by atoms with Gasteiger partial charge >= 0.3 is 0 Å². The molecule has 0 heterocycles. The number of nitrogens with zero attached hydrogens (tertiary/aromatic N) is 3. The first-order chi connectivity index (χ1) is 33.9. The molecule has 6 aromatic carbocycles. The maximum atomic E-state index is 12.3. The summed E-state index contributed by atoms with van der Waals surface area (Å²) in [6.07, 6.45) is 0. The van der Waals surface area contributed by atoms with E-state index in [1.54, 1.807) is 92.7 Å². The molecule has 3 amide bonds. The quantitative estimate of drug-likeness (QED) is 0.0544. The molecular weight excluding hydrogens is 936 g/mol. The fourth-order valence-electron chi connectivity index (χ4n) is 5.96. The van der Waals surface area contributed by atoms with Crippen molar-refractivity contribution in [2.24, 2.45) is 0 Å². The number of nitrogens with one attached hydrogen (secondary N) is 3. The van der Waals surface area contributed by atoms with Crippen molar-refractivity contribution in [2.45, 2.75) is 72.2 Å². The number of carbonyl (C=O) groups is 3. The van der Waals surface area contributed by atoms with Gasteiger partial charge in [-0.15, -0.1) is 0 Å². The van der Waals surface area contributed by atoms with E-state index in [1.807, 2.05) is 57.2 Å². The smallest absolute Gasteiger partial charge is 0.259 e. The normalized spacial score (nSPS) is 12.8. The van der Waals surface area contributed by atoms with Crippen molar-refractivity contribution in [2.75, 3.05) is 35.8 Å². The molecule has 372 valence electrons. The Hall–Kier alpha value is -8.23. The average molecular weight is 994 g/mol. The van der Waals surface area contributed by atoms with Crippen LogP contribution in [-0.2, 0) is 14.4 Å². The van der Waals surface area contributed by atoms with E-state index in [4.69, 9.17) is 45.5 Å². The van der Waals surface area contributed by atoms with Gasteiger partial charge in [-0.1, -0.05) is 82.9 Å². The van der Waals surface area contributed by atoms with Gasteiger partial charge in [0, 0.05) is 22.1 Å². The zero-order chi connectivity index (χ0) is 53.2. The topological polar surface area (TPSA) is 189 Å². The Morgan fingerprint density at radius 1 is 0.458 bits per heavy atom. The molecule has 0 aliphatic heterocycles. The van der Waals surface area contributed by atoms with Crippen molar-refractivity contribution in [3.8, 4) is 17.2 Å². The number of amides is 3. The van der Waals surface area contributed by atoms with Crippen molar-refractivity contribution in [1.29, 1.82) is 0 Å². The van der Waals surface area contributed by atoms with Crippen LogP contribution in [0.5, 0.6) is 17.2 Å². The fourth-order valence-corrected chi connectivity index (χ4v) is 6.18. The molecule has 0 bridgehead atoms. The second-order valence-corrected chi connectivity index (χ2v) is 17.9. The van der Waals surface area contributed by atoms with E-state index in [9.17, 15) is 29.7 Å². The molecule has 6 aromatic rings. The van der Waals surface area contributed by atoms with Crippen LogP contribution < -0.4 is 30.2 Å². The minimum atomic E-state index is -1.73. The number of benzene rings is 6. The Bertz CT molecular complexity index is 2650. The highest BCUT2D eigenvalue weighted by atomic mass is 35.5. The molecule has 3 atom stereocenters. The van der Waals surface area contributed by atoms with Gasteiger partial charge in [-0.3, -0.25) is 14.4 Å². The van der Waals surface area contributed by atoms with Gasteiger partial charge in [0.1, 0.15) is 37.1 Å². The number of aryl methyl sites for hydroxylation is 5. The number of anilines is 3. The zero-order valence-corrected chi connectivity index (χ0v) is 42.0. The summed E-state index contributed by atoms with van der Waals surface area (Å²) in [5.74, 6) is -0.00891. The van der Waals surface area contributed by atoms with E-state index in [0.717, 1.165) is 27.8 Å². The third kappa shape index (κ3) is 17.3. The van der Waals surface area contributed by atoms with E-state index in [2.05, 4.69) is 30.5 Å². The second kappa shape index (κ2) is 25.6. The Morgan fingerprint density at radius 2 is 0.722 bits per heavy atom. The monoisotopic (exact) mass is 992 g/mol. The first-order valence-corrected chi connectivity index (χ1v) is 22.7. The molecule has 0 fully saturated rings. The summed E-state index contributed by atoms with van der Waals surface area (Å²) in [5.41, 5.74) is 2.53. The number of carbonyl (C=O) groups excluding carboxylic acids is 3. The Labute approximate surface area is 425 Å². The summed E-state index contributed by atoms with van der Waals surface area (Å²) in [6.45, 7) is 34.1. The minimum Gasteiger partial charge on any atom is -0.490 e. The summed E-state index contributed by atoms with van der Waals surface area (Å²) in [5, 5.41) is 39.1. The zero-order valence-electron chi connectivity index (χ0n) is 41.3. The molecular formula is C56H57ClN6O9. The molecule has 0 aliphatic carbocycles. The lowest BCUT2D eigenvalue weighted by atomic mass is 10.1. The Morgan fingerprint density at radius 3 is 0.972 bits per heavy atom.